The Hall–Kier alpha value is -1.70. The second kappa shape index (κ2) is 7.90. The summed E-state index contributed by atoms with van der Waals surface area (Å²) in [4.78, 5) is 33.4. The van der Waals surface area contributed by atoms with Gasteiger partial charge in [0.05, 0.1) is 12.7 Å². The fraction of sp³-hybridized carbons (Fsp3) is 0.579. The fourth-order valence-electron chi connectivity index (χ4n) is 3.87. The summed E-state index contributed by atoms with van der Waals surface area (Å²) >= 11 is 1.61. The van der Waals surface area contributed by atoms with Crippen LogP contribution in [0.15, 0.2) is 23.6 Å². The van der Waals surface area contributed by atoms with Crippen LogP contribution in [-0.2, 0) is 19.2 Å². The molecule has 3 atom stereocenters. The second-order valence-electron chi connectivity index (χ2n) is 7.06. The zero-order valence-corrected chi connectivity index (χ0v) is 15.5. The molecule has 0 aromatic carbocycles. The number of nitrogens with zero attached hydrogens (tertiary/aromatic N) is 2. The first-order valence-corrected chi connectivity index (χ1v) is 10.2. The van der Waals surface area contributed by atoms with Gasteiger partial charge in [-0.1, -0.05) is 6.07 Å². The molecule has 6 nitrogen and oxygen atoms in total. The molecule has 0 aliphatic carbocycles. The zero-order valence-electron chi connectivity index (χ0n) is 14.7. The summed E-state index contributed by atoms with van der Waals surface area (Å²) in [6.45, 7) is 2.53. The van der Waals surface area contributed by atoms with E-state index in [0.29, 0.717) is 25.6 Å². The molecule has 0 unspecified atom stereocenters. The number of hydroxylamine groups is 2. The standard InChI is InChI=1S/C19H24N2O4S/c22-18(6-5-15-4-3-11-26-15)20-9-7-14-12-16(25-17(14)13-20)19(23)21-8-1-2-10-24-21/h3-6,11,14,16-17H,1-2,7-10,12-13H2/b6-5+/t14-,16-,17+/m0/s1. The monoisotopic (exact) mass is 376 g/mol. The third-order valence-electron chi connectivity index (χ3n) is 5.32. The molecule has 7 heteroatoms. The van der Waals surface area contributed by atoms with Gasteiger partial charge in [0.1, 0.15) is 6.10 Å². The smallest absolute Gasteiger partial charge is 0.275 e. The number of hydrogen-bond donors (Lipinski definition) is 0. The Balaban J connectivity index is 1.32. The number of carbonyl (C=O) groups is 2. The third-order valence-corrected chi connectivity index (χ3v) is 6.16. The predicted octanol–water partition coefficient (Wildman–Crippen LogP) is 2.32. The van der Waals surface area contributed by atoms with Crippen molar-refractivity contribution in [3.8, 4) is 0 Å². The highest BCUT2D eigenvalue weighted by atomic mass is 32.1. The average Bonchev–Trinajstić information content (AvgIpc) is 3.35. The van der Waals surface area contributed by atoms with Gasteiger partial charge in [0, 0.05) is 30.6 Å². The van der Waals surface area contributed by atoms with Crippen LogP contribution in [0.4, 0.5) is 0 Å². The minimum Gasteiger partial charge on any atom is -0.363 e. The van der Waals surface area contributed by atoms with Gasteiger partial charge in [0.25, 0.3) is 5.91 Å². The number of hydrogen-bond acceptors (Lipinski definition) is 5. The van der Waals surface area contributed by atoms with Gasteiger partial charge in [-0.05, 0) is 49.1 Å². The molecule has 0 radical (unpaired) electrons. The summed E-state index contributed by atoms with van der Waals surface area (Å²) in [6, 6.07) is 3.95. The number of amides is 2. The number of carbonyl (C=O) groups excluding carboxylic acids is 2. The van der Waals surface area contributed by atoms with E-state index in [1.165, 1.54) is 5.06 Å². The van der Waals surface area contributed by atoms with Crippen LogP contribution in [0.2, 0.25) is 0 Å². The maximum atomic E-state index is 12.6. The molecule has 0 N–H and O–H groups in total. The van der Waals surface area contributed by atoms with E-state index < -0.39 is 6.10 Å². The van der Waals surface area contributed by atoms with Gasteiger partial charge in [0.2, 0.25) is 5.91 Å². The molecule has 26 heavy (non-hydrogen) atoms. The van der Waals surface area contributed by atoms with E-state index in [1.807, 2.05) is 28.5 Å². The fourth-order valence-corrected chi connectivity index (χ4v) is 4.48. The number of piperidine rings is 1. The molecule has 4 heterocycles. The number of rotatable bonds is 3. The van der Waals surface area contributed by atoms with Crippen LogP contribution < -0.4 is 0 Å². The van der Waals surface area contributed by atoms with Crippen LogP contribution in [-0.4, -0.2) is 60.2 Å². The molecule has 0 spiro atoms. The van der Waals surface area contributed by atoms with E-state index in [2.05, 4.69) is 0 Å². The highest BCUT2D eigenvalue weighted by molar-refractivity contribution is 7.10. The topological polar surface area (TPSA) is 59.1 Å². The van der Waals surface area contributed by atoms with E-state index in [4.69, 9.17) is 9.57 Å². The maximum Gasteiger partial charge on any atom is 0.275 e. The maximum absolute atomic E-state index is 12.6. The Morgan fingerprint density at radius 1 is 1.27 bits per heavy atom. The van der Waals surface area contributed by atoms with Crippen LogP contribution in [0, 0.1) is 5.92 Å². The largest absolute Gasteiger partial charge is 0.363 e. The molecule has 4 rings (SSSR count). The van der Waals surface area contributed by atoms with Gasteiger partial charge < -0.3 is 9.64 Å². The minimum atomic E-state index is -0.431. The molecule has 3 saturated heterocycles. The molecule has 3 aliphatic heterocycles. The van der Waals surface area contributed by atoms with E-state index >= 15 is 0 Å². The quantitative estimate of drug-likeness (QED) is 0.760. The highest BCUT2D eigenvalue weighted by Crippen LogP contribution is 2.34. The lowest BCUT2D eigenvalue weighted by atomic mass is 9.91. The first-order valence-electron chi connectivity index (χ1n) is 9.31. The van der Waals surface area contributed by atoms with Crippen LogP contribution in [0.25, 0.3) is 6.08 Å². The molecule has 1 aromatic rings. The lowest BCUT2D eigenvalue weighted by Gasteiger charge is -2.33. The van der Waals surface area contributed by atoms with E-state index in [-0.39, 0.29) is 17.9 Å². The number of fused-ring (bicyclic) bond motifs is 1. The molecule has 2 amide bonds. The van der Waals surface area contributed by atoms with E-state index in [9.17, 15) is 9.59 Å². The zero-order chi connectivity index (χ0) is 17.9. The summed E-state index contributed by atoms with van der Waals surface area (Å²) in [5, 5.41) is 3.46. The van der Waals surface area contributed by atoms with Crippen molar-refractivity contribution < 1.29 is 19.2 Å². The third kappa shape index (κ3) is 3.84. The Morgan fingerprint density at radius 2 is 2.19 bits per heavy atom. The molecule has 0 saturated carbocycles. The van der Waals surface area contributed by atoms with Gasteiger partial charge in [-0.25, -0.2) is 5.06 Å². The predicted molar refractivity (Wildman–Crippen MR) is 98.2 cm³/mol. The van der Waals surface area contributed by atoms with E-state index in [0.717, 1.165) is 37.1 Å². The van der Waals surface area contributed by atoms with Crippen molar-refractivity contribution in [2.45, 2.75) is 37.9 Å². The lowest BCUT2D eigenvalue weighted by Crippen LogP contribution is -2.45. The minimum absolute atomic E-state index is 0.00888. The molecule has 1 aromatic heterocycles. The molecule has 0 bridgehead atoms. The highest BCUT2D eigenvalue weighted by Gasteiger charge is 2.44. The lowest BCUT2D eigenvalue weighted by molar-refractivity contribution is -0.206. The Labute approximate surface area is 157 Å². The Kier molecular flexibility index (Phi) is 5.38. The summed E-state index contributed by atoms with van der Waals surface area (Å²) in [5.74, 6) is 0.295. The summed E-state index contributed by atoms with van der Waals surface area (Å²) in [5.41, 5.74) is 0. The van der Waals surface area contributed by atoms with Crippen molar-refractivity contribution in [2.75, 3.05) is 26.2 Å². The van der Waals surface area contributed by atoms with Crippen molar-refractivity contribution in [2.24, 2.45) is 5.92 Å². The van der Waals surface area contributed by atoms with Gasteiger partial charge >= 0.3 is 0 Å². The van der Waals surface area contributed by atoms with Crippen LogP contribution in [0.1, 0.15) is 30.6 Å². The normalized spacial score (nSPS) is 29.2. The number of ether oxygens (including phenoxy) is 1. The molecular formula is C19H24N2O4S. The molecule has 3 fully saturated rings. The van der Waals surface area contributed by atoms with Crippen molar-refractivity contribution in [3.05, 3.63) is 28.5 Å². The first-order chi connectivity index (χ1) is 12.7. The summed E-state index contributed by atoms with van der Waals surface area (Å²) in [7, 11) is 0. The number of likely N-dealkylation sites (tertiary alicyclic amines) is 1. The molecule has 3 aliphatic rings. The molecular weight excluding hydrogens is 352 g/mol. The van der Waals surface area contributed by atoms with Crippen molar-refractivity contribution in [1.82, 2.24) is 9.96 Å². The second-order valence-corrected chi connectivity index (χ2v) is 8.04. The van der Waals surface area contributed by atoms with Gasteiger partial charge in [-0.2, -0.15) is 0 Å². The van der Waals surface area contributed by atoms with Crippen molar-refractivity contribution in [1.29, 1.82) is 0 Å². The average molecular weight is 376 g/mol. The van der Waals surface area contributed by atoms with Gasteiger partial charge in [0.15, 0.2) is 0 Å². The summed E-state index contributed by atoms with van der Waals surface area (Å²) in [6.07, 6.45) is 6.59. The van der Waals surface area contributed by atoms with Crippen LogP contribution >= 0.6 is 11.3 Å². The van der Waals surface area contributed by atoms with Gasteiger partial charge in [-0.3, -0.25) is 14.4 Å². The van der Waals surface area contributed by atoms with Gasteiger partial charge in [-0.15, -0.1) is 11.3 Å². The first kappa shape index (κ1) is 17.7. The van der Waals surface area contributed by atoms with Crippen LogP contribution in [0.3, 0.4) is 0 Å². The van der Waals surface area contributed by atoms with Crippen molar-refractivity contribution >= 4 is 29.2 Å². The van der Waals surface area contributed by atoms with Crippen LogP contribution in [0.5, 0.6) is 0 Å². The Bertz CT molecular complexity index is 669. The Morgan fingerprint density at radius 3 is 2.96 bits per heavy atom. The number of thiophene rings is 1. The summed E-state index contributed by atoms with van der Waals surface area (Å²) < 4.78 is 6.02. The van der Waals surface area contributed by atoms with E-state index in [1.54, 1.807) is 17.4 Å². The van der Waals surface area contributed by atoms with Crippen molar-refractivity contribution in [3.63, 3.8) is 0 Å². The molecule has 140 valence electrons. The SMILES string of the molecule is O=C(/C=C/c1cccs1)N1CC[C@H]2C[C@@H](C(=O)N3CCCCO3)O[C@@H]2C1.